The summed E-state index contributed by atoms with van der Waals surface area (Å²) in [6.07, 6.45) is 5.12. The molecule has 106 valence electrons. The lowest BCUT2D eigenvalue weighted by Crippen LogP contribution is -2.26. The summed E-state index contributed by atoms with van der Waals surface area (Å²) in [5.74, 6) is 0.726. The second-order valence-corrected chi connectivity index (χ2v) is 5.48. The number of hydrogen-bond donors (Lipinski definition) is 0. The van der Waals surface area contributed by atoms with E-state index in [4.69, 9.17) is 11.6 Å². The quantitative estimate of drug-likeness (QED) is 0.865. The van der Waals surface area contributed by atoms with Gasteiger partial charge in [-0.1, -0.05) is 30.3 Å². The maximum atomic E-state index is 12.1. The summed E-state index contributed by atoms with van der Waals surface area (Å²) < 4.78 is 1.62. The van der Waals surface area contributed by atoms with Gasteiger partial charge in [0.25, 0.3) is 5.24 Å². The van der Waals surface area contributed by atoms with Crippen LogP contribution in [-0.4, -0.2) is 32.3 Å². The molecule has 7 heteroatoms. The first-order valence-electron chi connectivity index (χ1n) is 6.27. The summed E-state index contributed by atoms with van der Waals surface area (Å²) in [4.78, 5) is 17.7. The Kier molecular flexibility index (Phi) is 5.03. The number of rotatable bonds is 4. The van der Waals surface area contributed by atoms with Crippen LogP contribution in [0.25, 0.3) is 5.69 Å². The van der Waals surface area contributed by atoms with Gasteiger partial charge < -0.3 is 0 Å². The van der Waals surface area contributed by atoms with Crippen LogP contribution in [-0.2, 0) is 0 Å². The lowest BCUT2D eigenvalue weighted by molar-refractivity contribution is 0.265. The van der Waals surface area contributed by atoms with E-state index in [1.807, 2.05) is 26.0 Å². The molecule has 2 heterocycles. The Bertz CT molecular complexity index is 587. The van der Waals surface area contributed by atoms with Gasteiger partial charge in [-0.15, -0.1) is 0 Å². The van der Waals surface area contributed by atoms with Crippen molar-refractivity contribution in [3.63, 3.8) is 0 Å². The fourth-order valence-corrected chi connectivity index (χ4v) is 2.61. The largest absolute Gasteiger partial charge is 0.299 e. The van der Waals surface area contributed by atoms with Crippen molar-refractivity contribution < 1.29 is 4.79 Å². The fraction of sp³-hybridized carbons (Fsp3) is 0.308. The summed E-state index contributed by atoms with van der Waals surface area (Å²) in [6.45, 7) is 4.40. The van der Waals surface area contributed by atoms with E-state index in [1.165, 1.54) is 11.8 Å². The van der Waals surface area contributed by atoms with Crippen molar-refractivity contribution in [1.82, 2.24) is 14.8 Å². The number of aromatic nitrogens is 3. The molecule has 0 aliphatic heterocycles. The topological polar surface area (TPSA) is 51.0 Å². The van der Waals surface area contributed by atoms with Gasteiger partial charge in [-0.05, 0) is 24.8 Å². The summed E-state index contributed by atoms with van der Waals surface area (Å²) in [6, 6.07) is 3.69. The van der Waals surface area contributed by atoms with Crippen molar-refractivity contribution in [1.29, 1.82) is 0 Å². The van der Waals surface area contributed by atoms with Crippen molar-refractivity contribution in [3.8, 4) is 5.69 Å². The molecule has 2 aromatic heterocycles. The van der Waals surface area contributed by atoms with Crippen molar-refractivity contribution in [2.75, 3.05) is 17.2 Å². The number of hydrogen-bond acceptors (Lipinski definition) is 4. The first-order valence-corrected chi connectivity index (χ1v) is 7.63. The zero-order valence-electron chi connectivity index (χ0n) is 11.3. The van der Waals surface area contributed by atoms with Crippen molar-refractivity contribution in [2.24, 2.45) is 0 Å². The predicted molar refractivity (Wildman–Crippen MR) is 82.9 cm³/mol. The Hall–Kier alpha value is -1.53. The number of carbonyl (C=O) groups excluding carboxylic acids is 1. The minimum atomic E-state index is -0.0253. The van der Waals surface area contributed by atoms with Gasteiger partial charge in [0.15, 0.2) is 5.15 Å². The molecule has 0 aliphatic carbocycles. The summed E-state index contributed by atoms with van der Waals surface area (Å²) >= 11 is 7.41. The molecule has 0 saturated carbocycles. The van der Waals surface area contributed by atoms with Gasteiger partial charge in [-0.2, -0.15) is 5.10 Å². The molecule has 0 atom stereocenters. The monoisotopic (exact) mass is 310 g/mol. The predicted octanol–water partition coefficient (Wildman–Crippen LogP) is 3.62. The SMILES string of the molecule is CCSC(=O)N(CC)c1cn(-c2cccnc2)nc1Cl. The number of carbonyl (C=O) groups is 1. The maximum absolute atomic E-state index is 12.1. The van der Waals surface area contributed by atoms with Crippen molar-refractivity contribution in [2.45, 2.75) is 13.8 Å². The van der Waals surface area contributed by atoms with E-state index in [0.29, 0.717) is 17.4 Å². The number of pyridine rings is 1. The minimum Gasteiger partial charge on any atom is -0.299 e. The maximum Gasteiger partial charge on any atom is 0.286 e. The highest BCUT2D eigenvalue weighted by Crippen LogP contribution is 2.28. The summed E-state index contributed by atoms with van der Waals surface area (Å²) in [7, 11) is 0. The normalized spacial score (nSPS) is 10.6. The van der Waals surface area contributed by atoms with E-state index >= 15 is 0 Å². The number of halogens is 1. The third-order valence-corrected chi connectivity index (χ3v) is 3.68. The Labute approximate surface area is 126 Å². The Morgan fingerprint density at radius 1 is 1.50 bits per heavy atom. The van der Waals surface area contributed by atoms with E-state index < -0.39 is 0 Å². The van der Waals surface area contributed by atoms with Gasteiger partial charge in [-0.3, -0.25) is 14.7 Å². The molecule has 20 heavy (non-hydrogen) atoms. The van der Waals surface area contributed by atoms with Gasteiger partial charge >= 0.3 is 0 Å². The van der Waals surface area contributed by atoms with E-state index in [1.54, 1.807) is 28.2 Å². The average molecular weight is 311 g/mol. The molecule has 1 amide bonds. The standard InChI is InChI=1S/C13H15ClN4OS/c1-3-17(13(19)20-4-2)11-9-18(16-12(11)14)10-6-5-7-15-8-10/h5-9H,3-4H2,1-2H3. The first kappa shape index (κ1) is 14.9. The average Bonchev–Trinajstić information content (AvgIpc) is 2.83. The number of thioether (sulfide) groups is 1. The zero-order chi connectivity index (χ0) is 14.5. The lowest BCUT2D eigenvalue weighted by Gasteiger charge is -2.18. The van der Waals surface area contributed by atoms with Crippen LogP contribution in [0.2, 0.25) is 5.15 Å². The van der Waals surface area contributed by atoms with E-state index in [9.17, 15) is 4.79 Å². The molecule has 2 aromatic rings. The molecule has 0 radical (unpaired) electrons. The molecule has 0 aromatic carbocycles. The van der Waals surface area contributed by atoms with Crippen LogP contribution in [0.1, 0.15) is 13.8 Å². The molecule has 5 nitrogen and oxygen atoms in total. The van der Waals surface area contributed by atoms with Crippen LogP contribution in [0.3, 0.4) is 0 Å². The smallest absolute Gasteiger partial charge is 0.286 e. The van der Waals surface area contributed by atoms with Crippen LogP contribution < -0.4 is 4.90 Å². The molecular weight excluding hydrogens is 296 g/mol. The second-order valence-electron chi connectivity index (χ2n) is 3.90. The molecule has 0 aliphatic rings. The molecule has 0 bridgehead atoms. The van der Waals surface area contributed by atoms with Gasteiger partial charge in [0.05, 0.1) is 18.1 Å². The Morgan fingerprint density at radius 2 is 2.30 bits per heavy atom. The number of amides is 1. The highest BCUT2D eigenvalue weighted by molar-refractivity contribution is 8.13. The van der Waals surface area contributed by atoms with Gasteiger partial charge in [0.1, 0.15) is 5.69 Å². The van der Waals surface area contributed by atoms with E-state index in [2.05, 4.69) is 10.1 Å². The summed E-state index contributed by atoms with van der Waals surface area (Å²) in [5.41, 5.74) is 1.41. The van der Waals surface area contributed by atoms with Gasteiger partial charge in [0.2, 0.25) is 0 Å². The van der Waals surface area contributed by atoms with Crippen molar-refractivity contribution in [3.05, 3.63) is 35.9 Å². The highest BCUT2D eigenvalue weighted by Gasteiger charge is 2.20. The summed E-state index contributed by atoms with van der Waals surface area (Å²) in [5, 5.41) is 4.51. The Balaban J connectivity index is 2.33. The number of anilines is 1. The molecular formula is C13H15ClN4OS. The van der Waals surface area contributed by atoms with Gasteiger partial charge in [0, 0.05) is 12.7 Å². The van der Waals surface area contributed by atoms with Crippen LogP contribution in [0.5, 0.6) is 0 Å². The van der Waals surface area contributed by atoms with Crippen LogP contribution in [0, 0.1) is 0 Å². The molecule has 0 N–H and O–H groups in total. The fourth-order valence-electron chi connectivity index (χ4n) is 1.75. The first-order chi connectivity index (χ1) is 9.67. The minimum absolute atomic E-state index is 0.0253. The molecule has 0 unspecified atom stereocenters. The highest BCUT2D eigenvalue weighted by atomic mass is 35.5. The molecule has 0 fully saturated rings. The zero-order valence-corrected chi connectivity index (χ0v) is 12.9. The van der Waals surface area contributed by atoms with E-state index in [0.717, 1.165) is 11.4 Å². The third kappa shape index (κ3) is 3.13. The van der Waals surface area contributed by atoms with Crippen LogP contribution in [0.15, 0.2) is 30.7 Å². The van der Waals surface area contributed by atoms with Crippen LogP contribution in [0.4, 0.5) is 10.5 Å². The molecule has 0 spiro atoms. The molecule has 0 saturated heterocycles. The van der Waals surface area contributed by atoms with Gasteiger partial charge in [-0.25, -0.2) is 4.68 Å². The Morgan fingerprint density at radius 3 is 2.90 bits per heavy atom. The second kappa shape index (κ2) is 6.76. The third-order valence-electron chi connectivity index (χ3n) is 2.66. The lowest BCUT2D eigenvalue weighted by atomic mass is 10.4. The van der Waals surface area contributed by atoms with Crippen molar-refractivity contribution >= 4 is 34.3 Å². The van der Waals surface area contributed by atoms with E-state index in [-0.39, 0.29) is 5.24 Å². The molecule has 2 rings (SSSR count). The van der Waals surface area contributed by atoms with Crippen LogP contribution >= 0.6 is 23.4 Å². The number of nitrogens with zero attached hydrogens (tertiary/aromatic N) is 4.